The van der Waals surface area contributed by atoms with Gasteiger partial charge in [0.1, 0.15) is 17.2 Å². The van der Waals surface area contributed by atoms with Crippen molar-refractivity contribution in [3.05, 3.63) is 66.2 Å². The van der Waals surface area contributed by atoms with Crippen molar-refractivity contribution in [1.82, 2.24) is 4.90 Å². The van der Waals surface area contributed by atoms with Crippen molar-refractivity contribution in [2.75, 3.05) is 20.8 Å². The molecule has 1 atom stereocenters. The van der Waals surface area contributed by atoms with Gasteiger partial charge in [0.2, 0.25) is 0 Å². The second-order valence-electron chi connectivity index (χ2n) is 5.61. The number of benzene rings is 2. The van der Waals surface area contributed by atoms with E-state index < -0.39 is 6.09 Å². The van der Waals surface area contributed by atoms with Crippen molar-refractivity contribution in [3.63, 3.8) is 0 Å². The summed E-state index contributed by atoms with van der Waals surface area (Å²) in [5.41, 5.74) is 0.813. The summed E-state index contributed by atoms with van der Waals surface area (Å²) in [5, 5.41) is 0. The Hall–Kier alpha value is -2.95. The smallest absolute Gasteiger partial charge is 0.416 e. The Morgan fingerprint density at radius 3 is 2.32 bits per heavy atom. The van der Waals surface area contributed by atoms with E-state index in [0.717, 1.165) is 12.0 Å². The third-order valence-corrected chi connectivity index (χ3v) is 4.14. The predicted octanol–water partition coefficient (Wildman–Crippen LogP) is 4.21. The standard InChI is InChI=1S/C20H21NO4/c1-23-17-12-8-13-18(24-2)19(17)16-11-6-7-14-21(16)20(22)25-15-9-4-3-5-10-15/h3-6,8-13,16H,7,14H2,1-2H3. The Kier molecular flexibility index (Phi) is 5.23. The monoisotopic (exact) mass is 339 g/mol. The van der Waals surface area contributed by atoms with E-state index in [2.05, 4.69) is 6.08 Å². The number of carbonyl (C=O) groups is 1. The van der Waals surface area contributed by atoms with E-state index in [1.54, 1.807) is 31.3 Å². The summed E-state index contributed by atoms with van der Waals surface area (Å²) < 4.78 is 16.5. The highest BCUT2D eigenvalue weighted by Gasteiger charge is 2.31. The third-order valence-electron chi connectivity index (χ3n) is 4.14. The zero-order chi connectivity index (χ0) is 17.6. The molecule has 0 spiro atoms. The average Bonchev–Trinajstić information content (AvgIpc) is 2.68. The van der Waals surface area contributed by atoms with Crippen LogP contribution in [-0.2, 0) is 0 Å². The SMILES string of the molecule is COc1cccc(OC)c1C1C=CCCN1C(=O)Oc1ccccc1. The van der Waals surface area contributed by atoms with Gasteiger partial charge in [0.05, 0.1) is 25.8 Å². The van der Waals surface area contributed by atoms with Gasteiger partial charge in [-0.1, -0.05) is 36.4 Å². The van der Waals surface area contributed by atoms with Gasteiger partial charge >= 0.3 is 6.09 Å². The minimum absolute atomic E-state index is 0.309. The molecule has 1 aliphatic heterocycles. The highest BCUT2D eigenvalue weighted by atomic mass is 16.6. The molecule has 0 N–H and O–H groups in total. The molecule has 5 nitrogen and oxygen atoms in total. The number of hydrogen-bond acceptors (Lipinski definition) is 4. The highest BCUT2D eigenvalue weighted by molar-refractivity contribution is 5.72. The molecule has 3 rings (SSSR count). The molecule has 5 heteroatoms. The number of ether oxygens (including phenoxy) is 3. The van der Waals surface area contributed by atoms with Gasteiger partial charge in [-0.05, 0) is 30.7 Å². The fourth-order valence-electron chi connectivity index (χ4n) is 2.96. The lowest BCUT2D eigenvalue weighted by molar-refractivity contribution is 0.138. The highest BCUT2D eigenvalue weighted by Crippen LogP contribution is 2.39. The number of methoxy groups -OCH3 is 2. The lowest BCUT2D eigenvalue weighted by atomic mass is 9.99. The maximum atomic E-state index is 12.7. The van der Waals surface area contributed by atoms with Gasteiger partial charge in [-0.2, -0.15) is 0 Å². The first-order valence-corrected chi connectivity index (χ1v) is 8.15. The zero-order valence-corrected chi connectivity index (χ0v) is 14.3. The molecular weight excluding hydrogens is 318 g/mol. The molecule has 130 valence electrons. The lowest BCUT2D eigenvalue weighted by Crippen LogP contribution is -2.38. The van der Waals surface area contributed by atoms with Gasteiger partial charge in [-0.15, -0.1) is 0 Å². The number of para-hydroxylation sites is 1. The number of nitrogens with zero attached hydrogens (tertiary/aromatic N) is 1. The van der Waals surface area contributed by atoms with Gasteiger partial charge in [0.25, 0.3) is 0 Å². The molecule has 0 radical (unpaired) electrons. The molecule has 0 bridgehead atoms. The average molecular weight is 339 g/mol. The summed E-state index contributed by atoms with van der Waals surface area (Å²) in [6.45, 7) is 0.564. The topological polar surface area (TPSA) is 48.0 Å². The Morgan fingerprint density at radius 2 is 1.68 bits per heavy atom. The Bertz CT molecular complexity index is 735. The Balaban J connectivity index is 1.93. The van der Waals surface area contributed by atoms with Crippen LogP contribution >= 0.6 is 0 Å². The maximum Gasteiger partial charge on any atom is 0.416 e. The largest absolute Gasteiger partial charge is 0.496 e. The summed E-state index contributed by atoms with van der Waals surface area (Å²) in [4.78, 5) is 14.4. The fourth-order valence-corrected chi connectivity index (χ4v) is 2.96. The third kappa shape index (κ3) is 3.60. The first-order chi connectivity index (χ1) is 12.2. The lowest BCUT2D eigenvalue weighted by Gasteiger charge is -2.33. The second kappa shape index (κ2) is 7.75. The van der Waals surface area contributed by atoms with E-state index in [0.29, 0.717) is 23.8 Å². The molecule has 1 amide bonds. The summed E-state index contributed by atoms with van der Waals surface area (Å²) in [5.74, 6) is 1.87. The van der Waals surface area contributed by atoms with Gasteiger partial charge in [0.15, 0.2) is 0 Å². The summed E-state index contributed by atoms with van der Waals surface area (Å²) in [7, 11) is 3.22. The molecule has 0 aromatic heterocycles. The number of rotatable bonds is 4. The number of carbonyl (C=O) groups excluding carboxylic acids is 1. The van der Waals surface area contributed by atoms with E-state index in [1.165, 1.54) is 0 Å². The van der Waals surface area contributed by atoms with Gasteiger partial charge in [-0.25, -0.2) is 4.79 Å². The molecule has 2 aromatic rings. The summed E-state index contributed by atoms with van der Waals surface area (Å²) in [6.07, 6.45) is 4.42. The van der Waals surface area contributed by atoms with E-state index in [4.69, 9.17) is 14.2 Å². The molecule has 0 aliphatic carbocycles. The fraction of sp³-hybridized carbons (Fsp3) is 0.250. The minimum Gasteiger partial charge on any atom is -0.496 e. The molecule has 1 unspecified atom stereocenters. The van der Waals surface area contributed by atoms with Crippen molar-refractivity contribution >= 4 is 6.09 Å². The van der Waals surface area contributed by atoms with E-state index in [1.807, 2.05) is 42.5 Å². The first-order valence-electron chi connectivity index (χ1n) is 8.15. The van der Waals surface area contributed by atoms with Crippen LogP contribution in [-0.4, -0.2) is 31.8 Å². The normalized spacial score (nSPS) is 16.4. The van der Waals surface area contributed by atoms with Gasteiger partial charge < -0.3 is 14.2 Å². The van der Waals surface area contributed by atoms with Crippen LogP contribution in [0.4, 0.5) is 4.79 Å². The van der Waals surface area contributed by atoms with Crippen LogP contribution in [0.3, 0.4) is 0 Å². The Morgan fingerprint density at radius 1 is 1.00 bits per heavy atom. The van der Waals surface area contributed by atoms with Crippen molar-refractivity contribution < 1.29 is 19.0 Å². The van der Waals surface area contributed by atoms with Crippen molar-refractivity contribution in [3.8, 4) is 17.2 Å². The van der Waals surface area contributed by atoms with Crippen LogP contribution in [0.25, 0.3) is 0 Å². The van der Waals surface area contributed by atoms with Gasteiger partial charge in [0, 0.05) is 6.54 Å². The van der Waals surface area contributed by atoms with E-state index >= 15 is 0 Å². The molecular formula is C20H21NO4. The zero-order valence-electron chi connectivity index (χ0n) is 14.3. The molecule has 1 aliphatic rings. The van der Waals surface area contributed by atoms with Crippen LogP contribution in [0.2, 0.25) is 0 Å². The molecule has 0 saturated heterocycles. The quantitative estimate of drug-likeness (QED) is 0.783. The number of hydrogen-bond donors (Lipinski definition) is 0. The van der Waals surface area contributed by atoms with Crippen LogP contribution < -0.4 is 14.2 Å². The summed E-state index contributed by atoms with van der Waals surface area (Å²) in [6, 6.07) is 14.3. The number of amides is 1. The maximum absolute atomic E-state index is 12.7. The van der Waals surface area contributed by atoms with Gasteiger partial charge in [-0.3, -0.25) is 4.90 Å². The van der Waals surface area contributed by atoms with E-state index in [9.17, 15) is 4.79 Å². The van der Waals surface area contributed by atoms with Crippen LogP contribution in [0, 0.1) is 0 Å². The van der Waals surface area contributed by atoms with Crippen LogP contribution in [0.15, 0.2) is 60.7 Å². The van der Waals surface area contributed by atoms with Crippen LogP contribution in [0.5, 0.6) is 17.2 Å². The Labute approximate surface area is 147 Å². The van der Waals surface area contributed by atoms with Crippen molar-refractivity contribution in [1.29, 1.82) is 0 Å². The molecule has 25 heavy (non-hydrogen) atoms. The van der Waals surface area contributed by atoms with E-state index in [-0.39, 0.29) is 6.04 Å². The minimum atomic E-state index is -0.395. The second-order valence-corrected chi connectivity index (χ2v) is 5.61. The molecule has 2 aromatic carbocycles. The first kappa shape index (κ1) is 16.9. The predicted molar refractivity (Wildman–Crippen MR) is 95.2 cm³/mol. The van der Waals surface area contributed by atoms with Crippen LogP contribution in [0.1, 0.15) is 18.0 Å². The molecule has 0 fully saturated rings. The summed E-state index contributed by atoms with van der Waals surface area (Å²) >= 11 is 0. The van der Waals surface area contributed by atoms with Crippen molar-refractivity contribution in [2.24, 2.45) is 0 Å². The molecule has 1 heterocycles. The molecule has 0 saturated carbocycles. The van der Waals surface area contributed by atoms with Crippen molar-refractivity contribution in [2.45, 2.75) is 12.5 Å².